The fourth-order valence-corrected chi connectivity index (χ4v) is 1.88. The summed E-state index contributed by atoms with van der Waals surface area (Å²) in [5, 5.41) is 0. The van der Waals surface area contributed by atoms with Gasteiger partial charge in [0.25, 0.3) is 0 Å². The molecule has 1 fully saturated rings. The van der Waals surface area contributed by atoms with Crippen LogP contribution in [-0.2, 0) is 14.3 Å². The SMILES string of the molecule is CCOC(=O)[C@]1(Br)CCCC1=O. The highest BCUT2D eigenvalue weighted by Gasteiger charge is 2.47. The molecule has 1 aliphatic rings. The summed E-state index contributed by atoms with van der Waals surface area (Å²) in [6.45, 7) is 2.05. The predicted molar refractivity (Wildman–Crippen MR) is 47.1 cm³/mol. The zero-order valence-electron chi connectivity index (χ0n) is 6.93. The van der Waals surface area contributed by atoms with E-state index in [1.807, 2.05) is 0 Å². The van der Waals surface area contributed by atoms with Gasteiger partial charge in [-0.25, -0.2) is 0 Å². The molecule has 68 valence electrons. The van der Waals surface area contributed by atoms with Gasteiger partial charge >= 0.3 is 5.97 Å². The minimum Gasteiger partial charge on any atom is -0.465 e. The van der Waals surface area contributed by atoms with Gasteiger partial charge in [-0.1, -0.05) is 15.9 Å². The molecule has 1 atom stereocenters. The van der Waals surface area contributed by atoms with Crippen molar-refractivity contribution in [2.24, 2.45) is 0 Å². The van der Waals surface area contributed by atoms with E-state index in [1.54, 1.807) is 6.92 Å². The Morgan fingerprint density at radius 2 is 2.42 bits per heavy atom. The summed E-state index contributed by atoms with van der Waals surface area (Å²) >= 11 is 3.15. The van der Waals surface area contributed by atoms with Crippen LogP contribution in [0.5, 0.6) is 0 Å². The molecular weight excluding hydrogens is 224 g/mol. The number of ether oxygens (including phenoxy) is 1. The molecule has 0 N–H and O–H groups in total. The summed E-state index contributed by atoms with van der Waals surface area (Å²) in [5.74, 6) is -0.492. The number of carbonyl (C=O) groups excluding carboxylic acids is 2. The Labute approximate surface area is 79.6 Å². The van der Waals surface area contributed by atoms with E-state index in [2.05, 4.69) is 15.9 Å². The molecule has 0 aromatic carbocycles. The van der Waals surface area contributed by atoms with Crippen molar-refractivity contribution in [1.29, 1.82) is 0 Å². The zero-order chi connectivity index (χ0) is 9.19. The average molecular weight is 235 g/mol. The van der Waals surface area contributed by atoms with Crippen molar-refractivity contribution in [1.82, 2.24) is 0 Å². The summed E-state index contributed by atoms with van der Waals surface area (Å²) in [6, 6.07) is 0. The molecule has 0 aromatic heterocycles. The number of ketones is 1. The number of hydrogen-bond acceptors (Lipinski definition) is 3. The first-order valence-electron chi connectivity index (χ1n) is 4.00. The molecular formula is C8H11BrO3. The Hall–Kier alpha value is -0.380. The molecule has 0 radical (unpaired) electrons. The van der Waals surface area contributed by atoms with Crippen LogP contribution in [0.25, 0.3) is 0 Å². The van der Waals surface area contributed by atoms with E-state index in [-0.39, 0.29) is 5.78 Å². The lowest BCUT2D eigenvalue weighted by atomic mass is 10.1. The minimum absolute atomic E-state index is 0.0547. The van der Waals surface area contributed by atoms with Crippen LogP contribution in [0, 0.1) is 0 Å². The van der Waals surface area contributed by atoms with E-state index in [0.29, 0.717) is 19.4 Å². The second-order valence-electron chi connectivity index (χ2n) is 2.80. The molecule has 12 heavy (non-hydrogen) atoms. The largest absolute Gasteiger partial charge is 0.465 e. The first-order valence-corrected chi connectivity index (χ1v) is 4.80. The van der Waals surface area contributed by atoms with Crippen molar-refractivity contribution in [3.8, 4) is 0 Å². The standard InChI is InChI=1S/C8H11BrO3/c1-2-12-7(11)8(9)5-3-4-6(8)10/h2-5H2,1H3/t8-/m0/s1. The Bertz CT molecular complexity index is 214. The zero-order valence-corrected chi connectivity index (χ0v) is 8.52. The van der Waals surface area contributed by atoms with E-state index in [4.69, 9.17) is 4.74 Å². The molecule has 1 aliphatic carbocycles. The number of carbonyl (C=O) groups is 2. The number of halogens is 1. The molecule has 4 heteroatoms. The van der Waals surface area contributed by atoms with Crippen LogP contribution in [0.15, 0.2) is 0 Å². The second-order valence-corrected chi connectivity index (χ2v) is 4.15. The monoisotopic (exact) mass is 234 g/mol. The van der Waals surface area contributed by atoms with Crippen molar-refractivity contribution in [2.75, 3.05) is 6.61 Å². The van der Waals surface area contributed by atoms with Crippen molar-refractivity contribution in [3.63, 3.8) is 0 Å². The Balaban J connectivity index is 2.70. The van der Waals surface area contributed by atoms with E-state index in [0.717, 1.165) is 6.42 Å². The van der Waals surface area contributed by atoms with Gasteiger partial charge in [-0.05, 0) is 19.8 Å². The molecule has 0 saturated heterocycles. The third-order valence-corrected chi connectivity index (χ3v) is 3.13. The Morgan fingerprint density at radius 3 is 2.83 bits per heavy atom. The quantitative estimate of drug-likeness (QED) is 0.413. The van der Waals surface area contributed by atoms with E-state index in [1.165, 1.54) is 0 Å². The molecule has 3 nitrogen and oxygen atoms in total. The molecule has 0 aliphatic heterocycles. The van der Waals surface area contributed by atoms with Crippen molar-refractivity contribution in [2.45, 2.75) is 30.5 Å². The number of hydrogen-bond donors (Lipinski definition) is 0. The van der Waals surface area contributed by atoms with Crippen molar-refractivity contribution in [3.05, 3.63) is 0 Å². The Morgan fingerprint density at radius 1 is 1.75 bits per heavy atom. The van der Waals surface area contributed by atoms with Gasteiger partial charge in [-0.15, -0.1) is 0 Å². The topological polar surface area (TPSA) is 43.4 Å². The number of alkyl halides is 1. The van der Waals surface area contributed by atoms with Gasteiger partial charge in [0.2, 0.25) is 0 Å². The van der Waals surface area contributed by atoms with Gasteiger partial charge in [0.15, 0.2) is 10.1 Å². The van der Waals surface area contributed by atoms with Crippen LogP contribution in [0.2, 0.25) is 0 Å². The summed E-state index contributed by atoms with van der Waals surface area (Å²) in [6.07, 6.45) is 1.80. The fourth-order valence-electron chi connectivity index (χ4n) is 1.29. The third kappa shape index (κ3) is 1.53. The fraction of sp³-hybridized carbons (Fsp3) is 0.750. The molecule has 0 heterocycles. The highest BCUT2D eigenvalue weighted by Crippen LogP contribution is 2.35. The maximum Gasteiger partial charge on any atom is 0.330 e. The van der Waals surface area contributed by atoms with Crippen LogP contribution in [0.4, 0.5) is 0 Å². The van der Waals surface area contributed by atoms with Crippen LogP contribution < -0.4 is 0 Å². The lowest BCUT2D eigenvalue weighted by Crippen LogP contribution is -2.37. The maximum atomic E-state index is 11.3. The van der Waals surface area contributed by atoms with Crippen LogP contribution in [-0.4, -0.2) is 22.7 Å². The van der Waals surface area contributed by atoms with Gasteiger partial charge in [0.1, 0.15) is 0 Å². The van der Waals surface area contributed by atoms with Gasteiger partial charge < -0.3 is 4.74 Å². The predicted octanol–water partition coefficient (Wildman–Crippen LogP) is 1.44. The lowest BCUT2D eigenvalue weighted by Gasteiger charge is -2.16. The number of esters is 1. The first kappa shape index (κ1) is 9.71. The second kappa shape index (κ2) is 3.56. The molecule has 0 spiro atoms. The molecule has 0 bridgehead atoms. The van der Waals surface area contributed by atoms with E-state index in [9.17, 15) is 9.59 Å². The minimum atomic E-state index is -1.02. The molecule has 0 aromatic rings. The molecule has 1 saturated carbocycles. The van der Waals surface area contributed by atoms with Crippen LogP contribution in [0.1, 0.15) is 26.2 Å². The van der Waals surface area contributed by atoms with Gasteiger partial charge in [0, 0.05) is 6.42 Å². The average Bonchev–Trinajstić information content (AvgIpc) is 2.34. The molecule has 1 rings (SSSR count). The summed E-state index contributed by atoms with van der Waals surface area (Å²) < 4.78 is 3.77. The van der Waals surface area contributed by atoms with Crippen molar-refractivity contribution >= 4 is 27.7 Å². The highest BCUT2D eigenvalue weighted by molar-refractivity contribution is 9.10. The van der Waals surface area contributed by atoms with E-state index >= 15 is 0 Å². The summed E-state index contributed by atoms with van der Waals surface area (Å²) in [7, 11) is 0. The van der Waals surface area contributed by atoms with Crippen LogP contribution in [0.3, 0.4) is 0 Å². The number of Topliss-reactive ketones (excluding diaryl/α,β-unsaturated/α-hetero) is 1. The molecule has 0 amide bonds. The number of rotatable bonds is 2. The third-order valence-electron chi connectivity index (χ3n) is 1.97. The van der Waals surface area contributed by atoms with Gasteiger partial charge in [0.05, 0.1) is 6.61 Å². The normalized spacial score (nSPS) is 29.0. The van der Waals surface area contributed by atoms with Gasteiger partial charge in [-0.2, -0.15) is 0 Å². The molecule has 0 unspecified atom stereocenters. The highest BCUT2D eigenvalue weighted by atomic mass is 79.9. The van der Waals surface area contributed by atoms with E-state index < -0.39 is 10.3 Å². The lowest BCUT2D eigenvalue weighted by molar-refractivity contribution is -0.148. The maximum absolute atomic E-state index is 11.3. The summed E-state index contributed by atoms with van der Waals surface area (Å²) in [5.41, 5.74) is 0. The Kier molecular flexibility index (Phi) is 2.88. The first-order chi connectivity index (χ1) is 5.61. The van der Waals surface area contributed by atoms with Gasteiger partial charge in [-0.3, -0.25) is 9.59 Å². The summed E-state index contributed by atoms with van der Waals surface area (Å²) in [4.78, 5) is 22.6. The van der Waals surface area contributed by atoms with Crippen molar-refractivity contribution < 1.29 is 14.3 Å². The smallest absolute Gasteiger partial charge is 0.330 e. The van der Waals surface area contributed by atoms with Crippen LogP contribution >= 0.6 is 15.9 Å².